The number of thiophene rings is 1. The maximum absolute atomic E-state index is 6.10. The van der Waals surface area contributed by atoms with Crippen LogP contribution in [0.5, 0.6) is 0 Å². The van der Waals surface area contributed by atoms with E-state index in [-0.39, 0.29) is 0 Å². The Bertz CT molecular complexity index is 630. The van der Waals surface area contributed by atoms with Crippen molar-refractivity contribution < 1.29 is 0 Å². The van der Waals surface area contributed by atoms with Gasteiger partial charge in [0.15, 0.2) is 0 Å². The fourth-order valence-electron chi connectivity index (χ4n) is 3.49. The van der Waals surface area contributed by atoms with E-state index >= 15 is 0 Å². The summed E-state index contributed by atoms with van der Waals surface area (Å²) < 4.78 is 0. The van der Waals surface area contributed by atoms with E-state index < -0.39 is 0 Å². The third-order valence-electron chi connectivity index (χ3n) is 4.28. The zero-order valence-electron chi connectivity index (χ0n) is 12.8. The number of hydrogen-bond donors (Lipinski definition) is 1. The molecular formula is C16H22ClN3S. The molecule has 5 heteroatoms. The molecule has 2 aromatic heterocycles. The monoisotopic (exact) mass is 323 g/mol. The Balaban J connectivity index is 1.90. The summed E-state index contributed by atoms with van der Waals surface area (Å²) in [6.45, 7) is 6.84. The molecule has 0 amide bonds. The number of nitrogens with one attached hydrogen (secondary N) is 1. The first kappa shape index (κ1) is 15.0. The van der Waals surface area contributed by atoms with E-state index in [1.807, 2.05) is 0 Å². The molecule has 2 unspecified atom stereocenters. The fraction of sp³-hybridized carbons (Fsp3) is 0.625. The van der Waals surface area contributed by atoms with Crippen molar-refractivity contribution in [3.63, 3.8) is 0 Å². The third kappa shape index (κ3) is 3.32. The zero-order valence-corrected chi connectivity index (χ0v) is 14.4. The second-order valence-electron chi connectivity index (χ2n) is 6.39. The largest absolute Gasteiger partial charge is 0.367 e. The molecule has 0 spiro atoms. The minimum Gasteiger partial charge on any atom is -0.367 e. The predicted molar refractivity (Wildman–Crippen MR) is 91.4 cm³/mol. The molecule has 0 aliphatic heterocycles. The molecule has 3 rings (SSSR count). The van der Waals surface area contributed by atoms with E-state index in [2.05, 4.69) is 42.1 Å². The van der Waals surface area contributed by atoms with Crippen LogP contribution in [0, 0.1) is 11.8 Å². The minimum atomic E-state index is 0.339. The molecule has 0 saturated heterocycles. The maximum atomic E-state index is 6.10. The number of fused-ring (bicyclic) bond motifs is 1. The fourth-order valence-corrected chi connectivity index (χ4v) is 4.67. The van der Waals surface area contributed by atoms with Gasteiger partial charge in [0.05, 0.1) is 5.39 Å². The number of rotatable bonds is 3. The van der Waals surface area contributed by atoms with Crippen molar-refractivity contribution in [3.05, 3.63) is 16.2 Å². The third-order valence-corrected chi connectivity index (χ3v) is 5.63. The van der Waals surface area contributed by atoms with Gasteiger partial charge in [-0.05, 0) is 55.2 Å². The molecule has 2 heterocycles. The summed E-state index contributed by atoms with van der Waals surface area (Å²) in [5, 5.41) is 5.09. The van der Waals surface area contributed by atoms with Gasteiger partial charge in [-0.2, -0.15) is 0 Å². The average Bonchev–Trinajstić information content (AvgIpc) is 2.80. The van der Waals surface area contributed by atoms with Gasteiger partial charge in [0.2, 0.25) is 5.28 Å². The molecule has 1 N–H and O–H groups in total. The number of aryl methyl sites for hydroxylation is 1. The number of nitrogens with zero attached hydrogens (tertiary/aromatic N) is 2. The summed E-state index contributed by atoms with van der Waals surface area (Å²) in [6, 6.07) is 2.69. The Morgan fingerprint density at radius 2 is 1.95 bits per heavy atom. The number of hydrogen-bond acceptors (Lipinski definition) is 4. The summed E-state index contributed by atoms with van der Waals surface area (Å²) in [4.78, 5) is 11.1. The number of halogens is 1. The Hall–Kier alpha value is -0.870. The van der Waals surface area contributed by atoms with Crippen LogP contribution in [0.1, 0.15) is 44.9 Å². The van der Waals surface area contributed by atoms with E-state index in [0.29, 0.717) is 11.3 Å². The smallest absolute Gasteiger partial charge is 0.225 e. The second kappa shape index (κ2) is 6.09. The van der Waals surface area contributed by atoms with Gasteiger partial charge in [0.1, 0.15) is 10.6 Å². The molecule has 1 fully saturated rings. The van der Waals surface area contributed by atoms with Gasteiger partial charge in [-0.25, -0.2) is 9.97 Å². The molecular weight excluding hydrogens is 302 g/mol. The van der Waals surface area contributed by atoms with Gasteiger partial charge in [-0.15, -0.1) is 11.3 Å². The van der Waals surface area contributed by atoms with E-state index in [9.17, 15) is 0 Å². The molecule has 0 radical (unpaired) electrons. The SMILES string of the molecule is CCc1cc2c(NC3CC(C)CC(C)C3)nc(Cl)nc2s1. The Labute approximate surface area is 135 Å². The molecule has 1 aliphatic carbocycles. The summed E-state index contributed by atoms with van der Waals surface area (Å²) >= 11 is 7.81. The zero-order chi connectivity index (χ0) is 15.0. The highest BCUT2D eigenvalue weighted by Gasteiger charge is 2.25. The Morgan fingerprint density at radius 3 is 2.62 bits per heavy atom. The molecule has 3 nitrogen and oxygen atoms in total. The van der Waals surface area contributed by atoms with E-state index in [1.54, 1.807) is 11.3 Å². The van der Waals surface area contributed by atoms with Crippen molar-refractivity contribution >= 4 is 39.0 Å². The van der Waals surface area contributed by atoms with E-state index in [1.165, 1.54) is 24.1 Å². The lowest BCUT2D eigenvalue weighted by Gasteiger charge is -2.32. The quantitative estimate of drug-likeness (QED) is 0.794. The van der Waals surface area contributed by atoms with Gasteiger partial charge in [0, 0.05) is 10.9 Å². The van der Waals surface area contributed by atoms with Crippen LogP contribution in [-0.2, 0) is 6.42 Å². The summed E-state index contributed by atoms with van der Waals surface area (Å²) in [5.74, 6) is 2.45. The van der Waals surface area contributed by atoms with E-state index in [4.69, 9.17) is 11.6 Å². The topological polar surface area (TPSA) is 37.8 Å². The summed E-state index contributed by atoms with van der Waals surface area (Å²) in [7, 11) is 0. The second-order valence-corrected chi connectivity index (χ2v) is 7.84. The molecule has 0 bridgehead atoms. The lowest BCUT2D eigenvalue weighted by molar-refractivity contribution is 0.280. The lowest BCUT2D eigenvalue weighted by Crippen LogP contribution is -2.30. The molecule has 0 aromatic carbocycles. The normalized spacial score (nSPS) is 26.2. The molecule has 2 atom stereocenters. The predicted octanol–water partition coefficient (Wildman–Crippen LogP) is 5.14. The molecule has 1 aliphatic rings. The first-order valence-corrected chi connectivity index (χ1v) is 8.97. The van der Waals surface area contributed by atoms with Crippen molar-refractivity contribution in [3.8, 4) is 0 Å². The maximum Gasteiger partial charge on any atom is 0.225 e. The van der Waals surface area contributed by atoms with Crippen LogP contribution in [0.2, 0.25) is 5.28 Å². The van der Waals surface area contributed by atoms with Gasteiger partial charge in [0.25, 0.3) is 0 Å². The number of anilines is 1. The van der Waals surface area contributed by atoms with Crippen molar-refractivity contribution in [1.29, 1.82) is 0 Å². The van der Waals surface area contributed by atoms with Crippen LogP contribution in [0.3, 0.4) is 0 Å². The summed E-state index contributed by atoms with van der Waals surface area (Å²) in [6.07, 6.45) is 4.77. The van der Waals surface area contributed by atoms with Gasteiger partial charge in [-0.1, -0.05) is 20.8 Å². The number of aromatic nitrogens is 2. The molecule has 2 aromatic rings. The van der Waals surface area contributed by atoms with Crippen LogP contribution in [0.4, 0.5) is 5.82 Å². The van der Waals surface area contributed by atoms with Crippen molar-refractivity contribution in [2.45, 2.75) is 52.5 Å². The van der Waals surface area contributed by atoms with Crippen LogP contribution < -0.4 is 5.32 Å². The molecule has 114 valence electrons. The lowest BCUT2D eigenvalue weighted by atomic mass is 9.80. The average molecular weight is 324 g/mol. The van der Waals surface area contributed by atoms with Crippen LogP contribution in [-0.4, -0.2) is 16.0 Å². The van der Waals surface area contributed by atoms with E-state index in [0.717, 1.165) is 34.3 Å². The minimum absolute atomic E-state index is 0.339. The Morgan fingerprint density at radius 1 is 1.24 bits per heavy atom. The van der Waals surface area contributed by atoms with Gasteiger partial charge < -0.3 is 5.32 Å². The van der Waals surface area contributed by atoms with Crippen LogP contribution >= 0.6 is 22.9 Å². The van der Waals surface area contributed by atoms with Crippen molar-refractivity contribution in [1.82, 2.24) is 9.97 Å². The van der Waals surface area contributed by atoms with Crippen LogP contribution in [0.25, 0.3) is 10.2 Å². The van der Waals surface area contributed by atoms with Crippen molar-refractivity contribution in [2.24, 2.45) is 11.8 Å². The Kier molecular flexibility index (Phi) is 4.36. The molecule has 21 heavy (non-hydrogen) atoms. The van der Waals surface area contributed by atoms with Gasteiger partial charge in [-0.3, -0.25) is 0 Å². The molecule has 1 saturated carbocycles. The van der Waals surface area contributed by atoms with Crippen molar-refractivity contribution in [2.75, 3.05) is 5.32 Å². The summed E-state index contributed by atoms with van der Waals surface area (Å²) in [5.41, 5.74) is 0. The van der Waals surface area contributed by atoms with Gasteiger partial charge >= 0.3 is 0 Å². The highest BCUT2D eigenvalue weighted by Crippen LogP contribution is 2.34. The standard InChI is InChI=1S/C16H22ClN3S/c1-4-12-8-13-14(19-16(17)20-15(13)21-12)18-11-6-9(2)5-10(3)7-11/h8-11H,4-7H2,1-3H3,(H,18,19,20). The first-order valence-electron chi connectivity index (χ1n) is 7.77. The highest BCUT2D eigenvalue weighted by molar-refractivity contribution is 7.18. The first-order chi connectivity index (χ1) is 10.0. The van der Waals surface area contributed by atoms with Crippen LogP contribution in [0.15, 0.2) is 6.07 Å². The highest BCUT2D eigenvalue weighted by atomic mass is 35.5.